The molecule has 2 fully saturated rings. The lowest BCUT2D eigenvalue weighted by molar-refractivity contribution is -0.120. The number of ether oxygens (including phenoxy) is 1. The molecule has 0 aromatic carbocycles. The molecule has 5 nitrogen and oxygen atoms in total. The molecule has 0 bridgehead atoms. The highest BCUT2D eigenvalue weighted by atomic mass is 16.5. The summed E-state index contributed by atoms with van der Waals surface area (Å²) < 4.78 is 5.31. The van der Waals surface area contributed by atoms with Crippen molar-refractivity contribution in [1.29, 1.82) is 0 Å². The van der Waals surface area contributed by atoms with E-state index < -0.39 is 0 Å². The molecule has 0 aromatic rings. The van der Waals surface area contributed by atoms with Crippen molar-refractivity contribution in [3.8, 4) is 0 Å². The van der Waals surface area contributed by atoms with E-state index in [9.17, 15) is 5.21 Å². The number of hydrogen-bond donors (Lipinski definition) is 2. The molecule has 0 amide bonds. The van der Waals surface area contributed by atoms with Crippen LogP contribution in [0.1, 0.15) is 19.8 Å². The van der Waals surface area contributed by atoms with Gasteiger partial charge in [0.2, 0.25) is 0 Å². The van der Waals surface area contributed by atoms with Crippen LogP contribution in [-0.2, 0) is 4.74 Å². The normalized spacial score (nSPS) is 24.9. The summed E-state index contributed by atoms with van der Waals surface area (Å²) in [4.78, 5) is 2.50. The molecular weight excluding hydrogens is 208 g/mol. The molecule has 0 aliphatic carbocycles. The van der Waals surface area contributed by atoms with E-state index in [4.69, 9.17) is 9.84 Å². The van der Waals surface area contributed by atoms with Gasteiger partial charge >= 0.3 is 0 Å². The van der Waals surface area contributed by atoms with Crippen LogP contribution in [0, 0.1) is 0 Å². The van der Waals surface area contributed by atoms with Gasteiger partial charge in [-0.05, 0) is 19.8 Å². The molecule has 96 valence electrons. The smallest absolute Gasteiger partial charge is 0.0594 e. The maximum absolute atomic E-state index is 9.22. The molecule has 2 saturated heterocycles. The first kappa shape index (κ1) is 13.9. The Morgan fingerprint density at radius 3 is 2.12 bits per heavy atom. The molecular formula is C11H24N2O3. The average Bonchev–Trinajstić information content (AvgIpc) is 2.32. The third-order valence-corrected chi connectivity index (χ3v) is 3.00. The van der Waals surface area contributed by atoms with Crippen LogP contribution in [-0.4, -0.2) is 72.3 Å². The van der Waals surface area contributed by atoms with Crippen LogP contribution in [0.4, 0.5) is 0 Å². The van der Waals surface area contributed by atoms with Crippen molar-refractivity contribution >= 4 is 0 Å². The minimum absolute atomic E-state index is 0.250. The molecule has 0 unspecified atom stereocenters. The van der Waals surface area contributed by atoms with Gasteiger partial charge in [0.1, 0.15) is 0 Å². The summed E-state index contributed by atoms with van der Waals surface area (Å²) in [6.07, 6.45) is 2.19. The fourth-order valence-electron chi connectivity index (χ4n) is 2.16. The van der Waals surface area contributed by atoms with Gasteiger partial charge in [-0.2, -0.15) is 5.06 Å². The second-order valence-electron chi connectivity index (χ2n) is 4.15. The van der Waals surface area contributed by atoms with Crippen LogP contribution < -0.4 is 0 Å². The van der Waals surface area contributed by atoms with E-state index in [0.29, 0.717) is 6.04 Å². The Bertz CT molecular complexity index is 167. The SMILES string of the molecule is CCO.ON1CCC(N2CCOCC2)CC1. The van der Waals surface area contributed by atoms with E-state index in [-0.39, 0.29) is 6.61 Å². The van der Waals surface area contributed by atoms with Gasteiger partial charge in [0.05, 0.1) is 13.2 Å². The summed E-state index contributed by atoms with van der Waals surface area (Å²) in [5, 5.41) is 18.2. The zero-order valence-corrected chi connectivity index (χ0v) is 10.1. The fourth-order valence-corrected chi connectivity index (χ4v) is 2.16. The number of nitrogens with zero attached hydrogens (tertiary/aromatic N) is 2. The minimum atomic E-state index is 0.250. The first-order valence-electron chi connectivity index (χ1n) is 6.14. The first-order valence-corrected chi connectivity index (χ1v) is 6.14. The van der Waals surface area contributed by atoms with E-state index in [1.807, 2.05) is 0 Å². The largest absolute Gasteiger partial charge is 0.397 e. The van der Waals surface area contributed by atoms with Crippen LogP contribution in [0.2, 0.25) is 0 Å². The van der Waals surface area contributed by atoms with Crippen molar-refractivity contribution in [2.24, 2.45) is 0 Å². The van der Waals surface area contributed by atoms with Crippen LogP contribution in [0.3, 0.4) is 0 Å². The lowest BCUT2D eigenvalue weighted by atomic mass is 10.0. The third-order valence-electron chi connectivity index (χ3n) is 3.00. The highest BCUT2D eigenvalue weighted by Crippen LogP contribution is 2.16. The number of piperidine rings is 1. The highest BCUT2D eigenvalue weighted by molar-refractivity contribution is 4.78. The van der Waals surface area contributed by atoms with Crippen molar-refractivity contribution in [2.45, 2.75) is 25.8 Å². The molecule has 16 heavy (non-hydrogen) atoms. The number of morpholine rings is 1. The molecule has 2 rings (SSSR count). The van der Waals surface area contributed by atoms with Gasteiger partial charge in [0, 0.05) is 38.8 Å². The molecule has 0 aromatic heterocycles. The molecule has 0 radical (unpaired) electrons. The third kappa shape index (κ3) is 4.76. The number of aliphatic hydroxyl groups is 1. The Labute approximate surface area is 97.6 Å². The predicted octanol–water partition coefficient (Wildman–Crippen LogP) is 0.171. The first-order chi connectivity index (χ1) is 7.77. The van der Waals surface area contributed by atoms with Gasteiger partial charge in [-0.25, -0.2) is 0 Å². The Hall–Kier alpha value is -0.200. The second kappa shape index (κ2) is 7.97. The quantitative estimate of drug-likeness (QED) is 0.675. The summed E-state index contributed by atoms with van der Waals surface area (Å²) in [6, 6.07) is 0.673. The fraction of sp³-hybridized carbons (Fsp3) is 1.00. The summed E-state index contributed by atoms with van der Waals surface area (Å²) in [5.74, 6) is 0. The van der Waals surface area contributed by atoms with Crippen molar-refractivity contribution in [1.82, 2.24) is 9.96 Å². The molecule has 0 atom stereocenters. The van der Waals surface area contributed by atoms with Gasteiger partial charge in [-0.3, -0.25) is 4.90 Å². The van der Waals surface area contributed by atoms with Gasteiger partial charge in [-0.1, -0.05) is 0 Å². The molecule has 2 aliphatic heterocycles. The molecule has 2 heterocycles. The van der Waals surface area contributed by atoms with Crippen molar-refractivity contribution in [3.63, 3.8) is 0 Å². The van der Waals surface area contributed by atoms with Crippen molar-refractivity contribution in [2.75, 3.05) is 46.0 Å². The zero-order chi connectivity index (χ0) is 11.8. The van der Waals surface area contributed by atoms with Crippen LogP contribution >= 0.6 is 0 Å². The van der Waals surface area contributed by atoms with Crippen molar-refractivity contribution in [3.05, 3.63) is 0 Å². The lowest BCUT2D eigenvalue weighted by Crippen LogP contribution is -2.48. The van der Waals surface area contributed by atoms with E-state index in [1.165, 1.54) is 5.06 Å². The van der Waals surface area contributed by atoms with Crippen LogP contribution in [0.25, 0.3) is 0 Å². The summed E-state index contributed by atoms with van der Waals surface area (Å²) in [5.41, 5.74) is 0. The Morgan fingerprint density at radius 2 is 1.62 bits per heavy atom. The highest BCUT2D eigenvalue weighted by Gasteiger charge is 2.24. The average molecular weight is 232 g/mol. The van der Waals surface area contributed by atoms with E-state index in [2.05, 4.69) is 4.90 Å². The summed E-state index contributed by atoms with van der Waals surface area (Å²) in [6.45, 7) is 7.45. The zero-order valence-electron chi connectivity index (χ0n) is 10.1. The number of aliphatic hydroxyl groups excluding tert-OH is 1. The summed E-state index contributed by atoms with van der Waals surface area (Å²) in [7, 11) is 0. The molecule has 2 aliphatic rings. The van der Waals surface area contributed by atoms with Gasteiger partial charge in [-0.15, -0.1) is 0 Å². The Balaban J connectivity index is 0.000000386. The van der Waals surface area contributed by atoms with E-state index in [1.54, 1.807) is 6.92 Å². The Kier molecular flexibility index (Phi) is 6.91. The van der Waals surface area contributed by atoms with Gasteiger partial charge in [0.25, 0.3) is 0 Å². The lowest BCUT2D eigenvalue weighted by Gasteiger charge is -2.38. The minimum Gasteiger partial charge on any atom is -0.397 e. The maximum atomic E-state index is 9.22. The standard InChI is InChI=1S/C9H18N2O2.C2H6O/c12-11-3-1-9(2-4-11)10-5-7-13-8-6-10;1-2-3/h9,12H,1-8H2;3H,2H2,1H3. The Morgan fingerprint density at radius 1 is 1.12 bits per heavy atom. The predicted molar refractivity (Wildman–Crippen MR) is 61.5 cm³/mol. The summed E-state index contributed by atoms with van der Waals surface area (Å²) >= 11 is 0. The van der Waals surface area contributed by atoms with Crippen molar-refractivity contribution < 1.29 is 15.1 Å². The van der Waals surface area contributed by atoms with Crippen LogP contribution in [0.15, 0.2) is 0 Å². The molecule has 0 spiro atoms. The monoisotopic (exact) mass is 232 g/mol. The number of rotatable bonds is 1. The van der Waals surface area contributed by atoms with E-state index in [0.717, 1.165) is 52.2 Å². The van der Waals surface area contributed by atoms with E-state index >= 15 is 0 Å². The second-order valence-corrected chi connectivity index (χ2v) is 4.15. The molecule has 0 saturated carbocycles. The van der Waals surface area contributed by atoms with Gasteiger partial charge in [0.15, 0.2) is 0 Å². The number of hydroxylamine groups is 2. The molecule has 2 N–H and O–H groups in total. The van der Waals surface area contributed by atoms with Crippen LogP contribution in [0.5, 0.6) is 0 Å². The number of hydrogen-bond acceptors (Lipinski definition) is 5. The van der Waals surface area contributed by atoms with Gasteiger partial charge < -0.3 is 15.1 Å². The maximum Gasteiger partial charge on any atom is 0.0594 e. The molecule has 5 heteroatoms. The topological polar surface area (TPSA) is 56.2 Å².